The standard InChI is InChI=1S/C20H34O4/c1-2-3-4-5-6-7-8-9-10-11-12-13-14-15-16-18(20(23)24)17-19(21)22/h6-7,14-15,18H,2-5,8-13,16-17H2,1H3,(H,21,22)(H,23,24)/b7-6+,15-14+. The summed E-state index contributed by atoms with van der Waals surface area (Å²) < 4.78 is 0. The van der Waals surface area contributed by atoms with Crippen LogP contribution in [0.3, 0.4) is 0 Å². The van der Waals surface area contributed by atoms with Crippen LogP contribution in [0, 0.1) is 5.92 Å². The molecule has 0 heterocycles. The van der Waals surface area contributed by atoms with Gasteiger partial charge in [-0.3, -0.25) is 9.59 Å². The fourth-order valence-corrected chi connectivity index (χ4v) is 2.49. The van der Waals surface area contributed by atoms with E-state index < -0.39 is 17.9 Å². The van der Waals surface area contributed by atoms with Crippen molar-refractivity contribution < 1.29 is 19.8 Å². The van der Waals surface area contributed by atoms with E-state index >= 15 is 0 Å². The predicted octanol–water partition coefficient (Wildman–Crippen LogP) is 5.59. The van der Waals surface area contributed by atoms with Crippen LogP contribution >= 0.6 is 0 Å². The maximum Gasteiger partial charge on any atom is 0.307 e. The first-order chi connectivity index (χ1) is 11.6. The van der Waals surface area contributed by atoms with Crippen LogP contribution in [0.2, 0.25) is 0 Å². The molecular weight excluding hydrogens is 304 g/mol. The van der Waals surface area contributed by atoms with Crippen LogP contribution in [0.15, 0.2) is 24.3 Å². The van der Waals surface area contributed by atoms with Gasteiger partial charge in [-0.15, -0.1) is 0 Å². The molecule has 138 valence electrons. The summed E-state index contributed by atoms with van der Waals surface area (Å²) in [4.78, 5) is 21.5. The Hall–Kier alpha value is -1.58. The lowest BCUT2D eigenvalue weighted by Crippen LogP contribution is -2.16. The summed E-state index contributed by atoms with van der Waals surface area (Å²) in [6.45, 7) is 2.22. The summed E-state index contributed by atoms with van der Waals surface area (Å²) in [5.74, 6) is -2.91. The third-order valence-electron chi connectivity index (χ3n) is 3.99. The smallest absolute Gasteiger partial charge is 0.307 e. The summed E-state index contributed by atoms with van der Waals surface area (Å²) in [6.07, 6.45) is 20.3. The molecule has 0 aliphatic carbocycles. The molecule has 1 atom stereocenters. The molecule has 0 aromatic heterocycles. The molecule has 2 N–H and O–H groups in total. The van der Waals surface area contributed by atoms with Gasteiger partial charge in [-0.1, -0.05) is 56.9 Å². The first-order valence-corrected chi connectivity index (χ1v) is 9.32. The van der Waals surface area contributed by atoms with E-state index in [1.807, 2.05) is 6.08 Å². The lowest BCUT2D eigenvalue weighted by Gasteiger charge is -2.05. The molecule has 0 amide bonds. The Morgan fingerprint density at radius 1 is 0.792 bits per heavy atom. The Kier molecular flexibility index (Phi) is 15.2. The van der Waals surface area contributed by atoms with Gasteiger partial charge in [0.1, 0.15) is 0 Å². The molecule has 0 fully saturated rings. The molecule has 0 saturated carbocycles. The zero-order valence-electron chi connectivity index (χ0n) is 15.1. The van der Waals surface area contributed by atoms with E-state index in [9.17, 15) is 9.59 Å². The van der Waals surface area contributed by atoms with Gasteiger partial charge < -0.3 is 10.2 Å². The predicted molar refractivity (Wildman–Crippen MR) is 98.1 cm³/mol. The van der Waals surface area contributed by atoms with Gasteiger partial charge in [0.2, 0.25) is 0 Å². The van der Waals surface area contributed by atoms with Gasteiger partial charge >= 0.3 is 11.9 Å². The normalized spacial score (nSPS) is 12.9. The summed E-state index contributed by atoms with van der Waals surface area (Å²) in [7, 11) is 0. The number of allylic oxidation sites excluding steroid dienone is 4. The van der Waals surface area contributed by atoms with Crippen molar-refractivity contribution in [1.82, 2.24) is 0 Å². The van der Waals surface area contributed by atoms with Gasteiger partial charge in [0, 0.05) is 0 Å². The van der Waals surface area contributed by atoms with Crippen LogP contribution in [0.1, 0.15) is 84.0 Å². The van der Waals surface area contributed by atoms with E-state index in [2.05, 4.69) is 19.1 Å². The molecule has 0 aromatic rings. The molecule has 0 saturated heterocycles. The maximum atomic E-state index is 10.9. The third kappa shape index (κ3) is 15.3. The second-order valence-corrected chi connectivity index (χ2v) is 6.30. The van der Waals surface area contributed by atoms with Crippen LogP contribution in [0.5, 0.6) is 0 Å². The average Bonchev–Trinajstić information content (AvgIpc) is 2.53. The first-order valence-electron chi connectivity index (χ1n) is 9.32. The van der Waals surface area contributed by atoms with Crippen molar-refractivity contribution in [2.24, 2.45) is 5.92 Å². The summed E-state index contributed by atoms with van der Waals surface area (Å²) in [5, 5.41) is 17.6. The van der Waals surface area contributed by atoms with E-state index in [4.69, 9.17) is 10.2 Å². The van der Waals surface area contributed by atoms with Gasteiger partial charge in [0.25, 0.3) is 0 Å². The Morgan fingerprint density at radius 3 is 1.75 bits per heavy atom. The highest BCUT2D eigenvalue weighted by atomic mass is 16.4. The van der Waals surface area contributed by atoms with Crippen molar-refractivity contribution >= 4 is 11.9 Å². The van der Waals surface area contributed by atoms with Crippen molar-refractivity contribution in [3.63, 3.8) is 0 Å². The number of hydrogen-bond donors (Lipinski definition) is 2. The van der Waals surface area contributed by atoms with E-state index in [0.717, 1.165) is 19.3 Å². The molecule has 24 heavy (non-hydrogen) atoms. The largest absolute Gasteiger partial charge is 0.481 e. The summed E-state index contributed by atoms with van der Waals surface area (Å²) >= 11 is 0. The monoisotopic (exact) mass is 338 g/mol. The summed E-state index contributed by atoms with van der Waals surface area (Å²) in [6, 6.07) is 0. The zero-order chi connectivity index (χ0) is 18.0. The second-order valence-electron chi connectivity index (χ2n) is 6.30. The Morgan fingerprint density at radius 2 is 1.29 bits per heavy atom. The quantitative estimate of drug-likeness (QED) is 0.284. The molecule has 0 aliphatic heterocycles. The zero-order valence-corrected chi connectivity index (χ0v) is 15.1. The number of unbranched alkanes of at least 4 members (excludes halogenated alkanes) is 8. The van der Waals surface area contributed by atoms with E-state index in [-0.39, 0.29) is 6.42 Å². The van der Waals surface area contributed by atoms with Crippen LogP contribution in [-0.2, 0) is 9.59 Å². The van der Waals surface area contributed by atoms with Gasteiger partial charge in [-0.05, 0) is 44.9 Å². The SMILES string of the molecule is CCCCC/C=C/CCCCCC/C=C/CC(CC(=O)O)C(=O)O. The maximum absolute atomic E-state index is 10.9. The van der Waals surface area contributed by atoms with Gasteiger partial charge in [-0.2, -0.15) is 0 Å². The summed E-state index contributed by atoms with van der Waals surface area (Å²) in [5.41, 5.74) is 0. The van der Waals surface area contributed by atoms with Crippen LogP contribution in [0.4, 0.5) is 0 Å². The highest BCUT2D eigenvalue weighted by Gasteiger charge is 2.18. The van der Waals surface area contributed by atoms with Crippen molar-refractivity contribution in [2.75, 3.05) is 0 Å². The van der Waals surface area contributed by atoms with Crippen molar-refractivity contribution in [1.29, 1.82) is 0 Å². The molecule has 1 unspecified atom stereocenters. The number of rotatable bonds is 16. The van der Waals surface area contributed by atoms with E-state index in [1.54, 1.807) is 6.08 Å². The molecule has 4 heteroatoms. The number of carbonyl (C=O) groups is 2. The Balaban J connectivity index is 3.52. The van der Waals surface area contributed by atoms with Crippen LogP contribution in [-0.4, -0.2) is 22.2 Å². The highest BCUT2D eigenvalue weighted by Crippen LogP contribution is 2.12. The molecular formula is C20H34O4. The fraction of sp³-hybridized carbons (Fsp3) is 0.700. The second kappa shape index (κ2) is 16.3. The lowest BCUT2D eigenvalue weighted by atomic mass is 10.0. The lowest BCUT2D eigenvalue weighted by molar-refractivity contribution is -0.148. The molecule has 4 nitrogen and oxygen atoms in total. The molecule has 0 spiro atoms. The topological polar surface area (TPSA) is 74.6 Å². The molecule has 0 rings (SSSR count). The minimum atomic E-state index is -1.06. The van der Waals surface area contributed by atoms with Gasteiger partial charge in [-0.25, -0.2) is 0 Å². The number of carboxylic acid groups (broad SMARTS) is 2. The van der Waals surface area contributed by atoms with Gasteiger partial charge in [0.05, 0.1) is 12.3 Å². The van der Waals surface area contributed by atoms with Crippen molar-refractivity contribution in [2.45, 2.75) is 84.0 Å². The molecule has 0 aromatic carbocycles. The van der Waals surface area contributed by atoms with Crippen molar-refractivity contribution in [3.8, 4) is 0 Å². The van der Waals surface area contributed by atoms with Crippen LogP contribution in [0.25, 0.3) is 0 Å². The third-order valence-corrected chi connectivity index (χ3v) is 3.99. The Labute approximate surface area is 146 Å². The number of hydrogen-bond acceptors (Lipinski definition) is 2. The minimum Gasteiger partial charge on any atom is -0.481 e. The highest BCUT2D eigenvalue weighted by molar-refractivity contribution is 5.77. The van der Waals surface area contributed by atoms with Gasteiger partial charge in [0.15, 0.2) is 0 Å². The minimum absolute atomic E-state index is 0.296. The molecule has 0 bridgehead atoms. The van der Waals surface area contributed by atoms with Crippen LogP contribution < -0.4 is 0 Å². The number of carboxylic acids is 2. The average molecular weight is 338 g/mol. The molecule has 0 aliphatic rings. The number of aliphatic carboxylic acids is 2. The Bertz CT molecular complexity index is 385. The van der Waals surface area contributed by atoms with Crippen molar-refractivity contribution in [3.05, 3.63) is 24.3 Å². The fourth-order valence-electron chi connectivity index (χ4n) is 2.49. The van der Waals surface area contributed by atoms with E-state index in [1.165, 1.54) is 44.9 Å². The first kappa shape index (κ1) is 22.4. The van der Waals surface area contributed by atoms with E-state index in [0.29, 0.717) is 6.42 Å². The molecule has 0 radical (unpaired) electrons.